The average Bonchev–Trinajstić information content (AvgIpc) is 2.26. The van der Waals surface area contributed by atoms with Crippen LogP contribution in [0, 0.1) is 17.0 Å². The van der Waals surface area contributed by atoms with Crippen LogP contribution in [0.15, 0.2) is 0 Å². The van der Waals surface area contributed by atoms with Gasteiger partial charge in [-0.2, -0.15) is 4.98 Å². The van der Waals surface area contributed by atoms with Crippen LogP contribution in [0.25, 0.3) is 0 Å². The second-order valence-corrected chi connectivity index (χ2v) is 4.02. The smallest absolute Gasteiger partial charge is 0.332 e. The first-order valence-electron chi connectivity index (χ1n) is 5.39. The Morgan fingerprint density at radius 1 is 1.56 bits per heavy atom. The van der Waals surface area contributed by atoms with Crippen molar-refractivity contribution < 1.29 is 9.66 Å². The van der Waals surface area contributed by atoms with E-state index in [1.807, 2.05) is 6.92 Å². The number of nitrogen functional groups attached to an aromatic ring is 1. The van der Waals surface area contributed by atoms with Crippen LogP contribution in [0.1, 0.15) is 12.6 Å². The number of rotatable bonds is 5. The number of aromatic nitrogens is 2. The molecule has 1 atom stereocenters. The Labute approximate surface area is 105 Å². The molecule has 0 saturated carbocycles. The fourth-order valence-corrected chi connectivity index (χ4v) is 1.60. The van der Waals surface area contributed by atoms with Gasteiger partial charge in [-0.05, 0) is 13.8 Å². The zero-order valence-corrected chi connectivity index (χ0v) is 10.9. The molecule has 0 radical (unpaired) electrons. The molecule has 1 heterocycles. The lowest BCUT2D eigenvalue weighted by Crippen LogP contribution is -2.30. The lowest BCUT2D eigenvalue weighted by molar-refractivity contribution is -0.385. The molecule has 18 heavy (non-hydrogen) atoms. The first kappa shape index (κ1) is 14.1. The third kappa shape index (κ3) is 3.04. The van der Waals surface area contributed by atoms with Crippen molar-refractivity contribution in [3.63, 3.8) is 0 Å². The maximum atomic E-state index is 11.0. The highest BCUT2D eigenvalue weighted by molar-refractivity contribution is 5.61. The molecule has 8 heteroatoms. The molecule has 0 spiro atoms. The Kier molecular flexibility index (Phi) is 4.38. The molecule has 1 aromatic heterocycles. The van der Waals surface area contributed by atoms with Crippen molar-refractivity contribution in [2.45, 2.75) is 20.0 Å². The van der Waals surface area contributed by atoms with Gasteiger partial charge in [-0.1, -0.05) is 0 Å². The molecule has 1 rings (SSSR count). The Bertz CT molecular complexity index is 451. The summed E-state index contributed by atoms with van der Waals surface area (Å²) < 4.78 is 5.12. The van der Waals surface area contributed by atoms with Crippen LogP contribution in [0.5, 0.6) is 0 Å². The van der Waals surface area contributed by atoms with Crippen molar-refractivity contribution >= 4 is 17.5 Å². The second kappa shape index (κ2) is 5.58. The number of ether oxygens (including phenoxy) is 1. The van der Waals surface area contributed by atoms with E-state index in [9.17, 15) is 10.1 Å². The summed E-state index contributed by atoms with van der Waals surface area (Å²) in [6, 6.07) is 0. The number of nitrogens with two attached hydrogens (primary N) is 1. The maximum absolute atomic E-state index is 11.0. The van der Waals surface area contributed by atoms with Gasteiger partial charge in [0.05, 0.1) is 11.0 Å². The Balaban J connectivity index is 3.17. The number of nitrogens with zero attached hydrogens (tertiary/aromatic N) is 4. The van der Waals surface area contributed by atoms with E-state index in [4.69, 9.17) is 10.5 Å². The van der Waals surface area contributed by atoms with Crippen LogP contribution in [0.4, 0.5) is 17.5 Å². The highest BCUT2D eigenvalue weighted by Crippen LogP contribution is 2.28. The molecule has 0 aromatic carbocycles. The first-order valence-corrected chi connectivity index (χ1v) is 5.39. The minimum atomic E-state index is -0.502. The summed E-state index contributed by atoms with van der Waals surface area (Å²) in [5, 5.41) is 11.0. The molecule has 2 N–H and O–H groups in total. The van der Waals surface area contributed by atoms with Gasteiger partial charge in [0.1, 0.15) is 5.69 Å². The molecule has 1 unspecified atom stereocenters. The molecule has 0 bridgehead atoms. The van der Waals surface area contributed by atoms with E-state index >= 15 is 0 Å². The molecule has 0 amide bonds. The summed E-state index contributed by atoms with van der Waals surface area (Å²) in [5.74, 6) is 0.221. The fraction of sp³-hybridized carbons (Fsp3) is 0.600. The summed E-state index contributed by atoms with van der Waals surface area (Å²) in [4.78, 5) is 19.9. The van der Waals surface area contributed by atoms with Crippen LogP contribution >= 0.6 is 0 Å². The van der Waals surface area contributed by atoms with E-state index in [0.29, 0.717) is 6.54 Å². The number of hydrogen-bond acceptors (Lipinski definition) is 7. The summed E-state index contributed by atoms with van der Waals surface area (Å²) in [6.07, 6.45) is -0.0777. The van der Waals surface area contributed by atoms with Crippen LogP contribution in [-0.2, 0) is 4.74 Å². The van der Waals surface area contributed by atoms with Crippen molar-refractivity contribution in [1.82, 2.24) is 9.97 Å². The summed E-state index contributed by atoms with van der Waals surface area (Å²) in [5.41, 5.74) is 5.65. The lowest BCUT2D eigenvalue weighted by atomic mass is 10.3. The minimum absolute atomic E-state index is 0.0185. The van der Waals surface area contributed by atoms with Crippen molar-refractivity contribution in [3.8, 4) is 0 Å². The van der Waals surface area contributed by atoms with Crippen LogP contribution in [0.2, 0.25) is 0 Å². The van der Waals surface area contributed by atoms with Crippen molar-refractivity contribution in [1.29, 1.82) is 0 Å². The molecule has 0 aliphatic carbocycles. The molecule has 0 aliphatic rings. The first-order chi connectivity index (χ1) is 8.36. The number of anilines is 2. The Morgan fingerprint density at radius 2 is 2.17 bits per heavy atom. The zero-order chi connectivity index (χ0) is 13.9. The summed E-state index contributed by atoms with van der Waals surface area (Å²) >= 11 is 0. The Hall–Kier alpha value is -1.96. The monoisotopic (exact) mass is 255 g/mol. The van der Waals surface area contributed by atoms with Gasteiger partial charge in [-0.15, -0.1) is 0 Å². The van der Waals surface area contributed by atoms with E-state index in [-0.39, 0.29) is 29.3 Å². The largest absolute Gasteiger partial charge is 0.380 e. The van der Waals surface area contributed by atoms with E-state index in [1.165, 1.54) is 6.92 Å². The normalized spacial score (nSPS) is 12.2. The number of methoxy groups -OCH3 is 1. The minimum Gasteiger partial charge on any atom is -0.380 e. The standard InChI is InChI=1S/C10H17N5O3/c1-6(18-4)5-14(3)9-8(15(16)17)7(2)12-10(11)13-9/h6H,5H2,1-4H3,(H2,11,12,13). The summed E-state index contributed by atoms with van der Waals surface area (Å²) in [6.45, 7) is 3.86. The SMILES string of the molecule is COC(C)CN(C)c1nc(N)nc(C)c1[N+](=O)[O-]. The molecule has 8 nitrogen and oxygen atoms in total. The van der Waals surface area contributed by atoms with Crippen LogP contribution < -0.4 is 10.6 Å². The predicted molar refractivity (Wildman–Crippen MR) is 67.6 cm³/mol. The summed E-state index contributed by atoms with van der Waals surface area (Å²) in [7, 11) is 3.27. The van der Waals surface area contributed by atoms with E-state index in [2.05, 4.69) is 9.97 Å². The van der Waals surface area contributed by atoms with Gasteiger partial charge in [0.25, 0.3) is 0 Å². The van der Waals surface area contributed by atoms with Gasteiger partial charge in [-0.3, -0.25) is 10.1 Å². The van der Waals surface area contributed by atoms with Crippen LogP contribution in [-0.4, -0.2) is 41.7 Å². The van der Waals surface area contributed by atoms with Gasteiger partial charge in [0.15, 0.2) is 0 Å². The number of hydrogen-bond donors (Lipinski definition) is 1. The van der Waals surface area contributed by atoms with Gasteiger partial charge in [-0.25, -0.2) is 4.98 Å². The molecule has 1 aromatic rings. The van der Waals surface area contributed by atoms with Crippen molar-refractivity contribution in [3.05, 3.63) is 15.8 Å². The molecular weight excluding hydrogens is 238 g/mol. The topological polar surface area (TPSA) is 107 Å². The van der Waals surface area contributed by atoms with Gasteiger partial charge >= 0.3 is 5.69 Å². The number of nitro groups is 1. The second-order valence-electron chi connectivity index (χ2n) is 4.02. The van der Waals surface area contributed by atoms with Crippen LogP contribution in [0.3, 0.4) is 0 Å². The molecular formula is C10H17N5O3. The van der Waals surface area contributed by atoms with Gasteiger partial charge < -0.3 is 15.4 Å². The van der Waals surface area contributed by atoms with E-state index in [1.54, 1.807) is 19.1 Å². The molecule has 0 fully saturated rings. The quantitative estimate of drug-likeness (QED) is 0.610. The predicted octanol–water partition coefficient (Wildman–Crippen LogP) is 0.747. The molecule has 100 valence electrons. The highest BCUT2D eigenvalue weighted by Gasteiger charge is 2.24. The highest BCUT2D eigenvalue weighted by atomic mass is 16.6. The third-order valence-corrected chi connectivity index (χ3v) is 2.53. The third-order valence-electron chi connectivity index (χ3n) is 2.53. The average molecular weight is 255 g/mol. The van der Waals surface area contributed by atoms with E-state index in [0.717, 1.165) is 0 Å². The lowest BCUT2D eigenvalue weighted by Gasteiger charge is -2.21. The van der Waals surface area contributed by atoms with Gasteiger partial charge in [0.2, 0.25) is 11.8 Å². The molecule has 0 saturated heterocycles. The number of aryl methyl sites for hydroxylation is 1. The Morgan fingerprint density at radius 3 is 2.67 bits per heavy atom. The maximum Gasteiger partial charge on any atom is 0.332 e. The van der Waals surface area contributed by atoms with Gasteiger partial charge in [0, 0.05) is 20.7 Å². The van der Waals surface area contributed by atoms with Crippen molar-refractivity contribution in [2.75, 3.05) is 31.3 Å². The van der Waals surface area contributed by atoms with Crippen molar-refractivity contribution in [2.24, 2.45) is 0 Å². The number of likely N-dealkylation sites (N-methyl/N-ethyl adjacent to an activating group) is 1. The fourth-order valence-electron chi connectivity index (χ4n) is 1.60. The van der Waals surface area contributed by atoms with E-state index < -0.39 is 4.92 Å². The molecule has 0 aliphatic heterocycles. The zero-order valence-electron chi connectivity index (χ0n) is 10.9.